The van der Waals surface area contributed by atoms with Crippen LogP contribution in [0.2, 0.25) is 0 Å². The van der Waals surface area contributed by atoms with Crippen molar-refractivity contribution in [3.8, 4) is 0 Å². The van der Waals surface area contributed by atoms with Crippen molar-refractivity contribution >= 4 is 51.7 Å². The number of amides is 2. The summed E-state index contributed by atoms with van der Waals surface area (Å²) in [6, 6.07) is -0.871. The predicted molar refractivity (Wildman–Crippen MR) is 109 cm³/mol. The van der Waals surface area contributed by atoms with E-state index in [1.807, 2.05) is 20.8 Å². The first-order valence-electron chi connectivity index (χ1n) is 8.85. The van der Waals surface area contributed by atoms with Gasteiger partial charge in [-0.05, 0) is 18.9 Å². The normalized spacial score (nSPS) is 23.9. The quantitative estimate of drug-likeness (QED) is 0.322. The molecule has 10 nitrogen and oxygen atoms in total. The number of anilines is 1. The Morgan fingerprint density at radius 3 is 2.79 bits per heavy atom. The van der Waals surface area contributed by atoms with Crippen LogP contribution < -0.4 is 11.1 Å². The van der Waals surface area contributed by atoms with E-state index in [9.17, 15) is 19.5 Å². The summed E-state index contributed by atoms with van der Waals surface area (Å²) in [6.07, 6.45) is 1.52. The van der Waals surface area contributed by atoms with E-state index in [1.54, 1.807) is 5.38 Å². The van der Waals surface area contributed by atoms with E-state index in [2.05, 4.69) is 15.5 Å². The van der Waals surface area contributed by atoms with Crippen LogP contribution in [0.1, 0.15) is 26.5 Å². The number of aromatic nitrogens is 1. The number of hydrogen-bond donors (Lipinski definition) is 3. The number of hydrogen-bond acceptors (Lipinski definition) is 9. The first kappa shape index (κ1) is 21.1. The largest absolute Gasteiger partial charge is 0.477 e. The number of β-lactam (4-membered cyclic amide) rings is 1. The van der Waals surface area contributed by atoms with E-state index in [0.29, 0.717) is 6.61 Å². The van der Waals surface area contributed by atoms with Gasteiger partial charge in [-0.2, -0.15) is 0 Å². The van der Waals surface area contributed by atoms with Gasteiger partial charge in [-0.25, -0.2) is 9.78 Å². The topological polar surface area (TPSA) is 147 Å². The average molecular weight is 440 g/mol. The SMILES string of the molecule is CC(C)CON=C(C(=O)NC1C(=O)N2C(C(=O)O)=CC(C)S[C@@H]12)c1csc(N)n1. The molecule has 1 aromatic heterocycles. The van der Waals surface area contributed by atoms with E-state index >= 15 is 0 Å². The zero-order valence-corrected chi connectivity index (χ0v) is 17.6. The highest BCUT2D eigenvalue weighted by Gasteiger charge is 2.54. The standard InChI is InChI=1S/C17H21N5O5S2/c1-7(2)5-27-21-11(9-6-28-17(18)19-9)13(23)20-12-14(24)22-10(16(25)26)4-8(3)29-15(12)22/h4,6-8,12,15H,5H2,1-3H3,(H2,18,19)(H,20,23)(H,25,26)/t8?,12?,15-/m0/s1. The highest BCUT2D eigenvalue weighted by molar-refractivity contribution is 8.00. The lowest BCUT2D eigenvalue weighted by molar-refractivity contribution is -0.150. The van der Waals surface area contributed by atoms with Crippen molar-refractivity contribution in [1.29, 1.82) is 0 Å². The van der Waals surface area contributed by atoms with Crippen molar-refractivity contribution in [3.05, 3.63) is 22.8 Å². The molecule has 29 heavy (non-hydrogen) atoms. The number of oxime groups is 1. The van der Waals surface area contributed by atoms with E-state index in [1.165, 1.54) is 22.7 Å². The van der Waals surface area contributed by atoms with Crippen LogP contribution in [0.15, 0.2) is 22.3 Å². The molecule has 0 aromatic carbocycles. The maximum absolute atomic E-state index is 12.8. The first-order chi connectivity index (χ1) is 13.7. The lowest BCUT2D eigenvalue weighted by Gasteiger charge is -2.49. The number of carbonyl (C=O) groups excluding carboxylic acids is 2. The van der Waals surface area contributed by atoms with Crippen LogP contribution in [-0.2, 0) is 19.2 Å². The maximum atomic E-state index is 12.8. The Morgan fingerprint density at radius 2 is 2.21 bits per heavy atom. The number of rotatable bonds is 7. The number of thioether (sulfide) groups is 1. The molecule has 156 valence electrons. The number of aliphatic carboxylic acids is 1. The van der Waals surface area contributed by atoms with Gasteiger partial charge in [0.1, 0.15) is 29.4 Å². The molecule has 0 aliphatic carbocycles. The van der Waals surface area contributed by atoms with Gasteiger partial charge >= 0.3 is 5.97 Å². The summed E-state index contributed by atoms with van der Waals surface area (Å²) in [6.45, 7) is 6.01. The highest BCUT2D eigenvalue weighted by atomic mass is 32.2. The zero-order valence-electron chi connectivity index (χ0n) is 16.0. The number of nitrogen functional groups attached to an aromatic ring is 1. The summed E-state index contributed by atoms with van der Waals surface area (Å²) in [7, 11) is 0. The number of carboxylic acids is 1. The number of thiazole rings is 1. The van der Waals surface area contributed by atoms with Crippen LogP contribution in [0.25, 0.3) is 0 Å². The number of nitrogens with two attached hydrogens (primary N) is 1. The van der Waals surface area contributed by atoms with Crippen LogP contribution in [0.3, 0.4) is 0 Å². The molecule has 0 bridgehead atoms. The van der Waals surface area contributed by atoms with Gasteiger partial charge in [-0.1, -0.05) is 19.0 Å². The Labute approximate surface area is 175 Å². The average Bonchev–Trinajstić information content (AvgIpc) is 3.07. The van der Waals surface area contributed by atoms with Gasteiger partial charge in [0.05, 0.1) is 0 Å². The van der Waals surface area contributed by atoms with Crippen LogP contribution in [0, 0.1) is 5.92 Å². The number of carboxylic acid groups (broad SMARTS) is 1. The molecule has 12 heteroatoms. The van der Waals surface area contributed by atoms with Crippen molar-refractivity contribution < 1.29 is 24.3 Å². The Bertz CT molecular complexity index is 897. The third kappa shape index (κ3) is 4.37. The monoisotopic (exact) mass is 439 g/mol. The first-order valence-corrected chi connectivity index (χ1v) is 10.7. The molecule has 1 aromatic rings. The van der Waals surface area contributed by atoms with Gasteiger partial charge in [0, 0.05) is 10.6 Å². The predicted octanol–water partition coefficient (Wildman–Crippen LogP) is 0.859. The summed E-state index contributed by atoms with van der Waals surface area (Å²) in [5.74, 6) is -2.11. The fourth-order valence-corrected chi connectivity index (χ4v) is 4.67. The van der Waals surface area contributed by atoms with E-state index in [4.69, 9.17) is 10.6 Å². The molecule has 2 aliphatic heterocycles. The van der Waals surface area contributed by atoms with Crippen LogP contribution in [-0.4, -0.2) is 61.8 Å². The number of fused-ring (bicyclic) bond motifs is 1. The molecular formula is C17H21N5O5S2. The van der Waals surface area contributed by atoms with Gasteiger partial charge < -0.3 is 21.0 Å². The molecule has 3 rings (SSSR count). The van der Waals surface area contributed by atoms with E-state index < -0.39 is 29.2 Å². The van der Waals surface area contributed by atoms with Gasteiger partial charge in [-0.3, -0.25) is 14.5 Å². The second-order valence-electron chi connectivity index (χ2n) is 6.95. The summed E-state index contributed by atoms with van der Waals surface area (Å²) < 4.78 is 0. The summed E-state index contributed by atoms with van der Waals surface area (Å²) >= 11 is 2.54. The Kier molecular flexibility index (Phi) is 6.13. The Hall–Kier alpha value is -2.60. The molecular weight excluding hydrogens is 418 g/mol. The third-order valence-electron chi connectivity index (χ3n) is 4.10. The van der Waals surface area contributed by atoms with Crippen molar-refractivity contribution in [1.82, 2.24) is 15.2 Å². The summed E-state index contributed by atoms with van der Waals surface area (Å²) in [5.41, 5.74) is 5.74. The minimum atomic E-state index is -1.18. The number of carbonyl (C=O) groups is 3. The number of nitrogens with one attached hydrogen (secondary N) is 1. The minimum Gasteiger partial charge on any atom is -0.477 e. The molecule has 1 fully saturated rings. The number of nitrogens with zero attached hydrogens (tertiary/aromatic N) is 3. The molecule has 3 atom stereocenters. The van der Waals surface area contributed by atoms with Crippen molar-refractivity contribution in [2.75, 3.05) is 12.3 Å². The fourth-order valence-electron chi connectivity index (χ4n) is 2.79. The molecule has 0 saturated carbocycles. The molecule has 0 radical (unpaired) electrons. The van der Waals surface area contributed by atoms with Crippen molar-refractivity contribution in [2.45, 2.75) is 37.4 Å². The van der Waals surface area contributed by atoms with E-state index in [-0.39, 0.29) is 33.4 Å². The Balaban J connectivity index is 1.77. The lowest BCUT2D eigenvalue weighted by atomic mass is 10.0. The molecule has 2 aliphatic rings. The van der Waals surface area contributed by atoms with Crippen LogP contribution in [0.4, 0.5) is 5.13 Å². The zero-order chi connectivity index (χ0) is 21.3. The minimum absolute atomic E-state index is 0.0711. The molecule has 2 unspecified atom stereocenters. The smallest absolute Gasteiger partial charge is 0.352 e. The lowest BCUT2D eigenvalue weighted by Crippen LogP contribution is -2.71. The molecule has 4 N–H and O–H groups in total. The van der Waals surface area contributed by atoms with Crippen LogP contribution in [0.5, 0.6) is 0 Å². The van der Waals surface area contributed by atoms with Crippen LogP contribution >= 0.6 is 23.1 Å². The molecule has 0 spiro atoms. The summed E-state index contributed by atoms with van der Waals surface area (Å²) in [4.78, 5) is 47.3. The van der Waals surface area contributed by atoms with Gasteiger partial charge in [-0.15, -0.1) is 23.1 Å². The molecule has 3 heterocycles. The van der Waals surface area contributed by atoms with Gasteiger partial charge in [0.25, 0.3) is 11.8 Å². The van der Waals surface area contributed by atoms with Gasteiger partial charge in [0.2, 0.25) is 0 Å². The summed E-state index contributed by atoms with van der Waals surface area (Å²) in [5, 5.41) is 17.1. The molecule has 2 amide bonds. The highest BCUT2D eigenvalue weighted by Crippen LogP contribution is 2.40. The second-order valence-corrected chi connectivity index (χ2v) is 9.34. The van der Waals surface area contributed by atoms with Crippen molar-refractivity contribution in [2.24, 2.45) is 11.1 Å². The third-order valence-corrected chi connectivity index (χ3v) is 6.10. The fraction of sp³-hybridized carbons (Fsp3) is 0.471. The second kappa shape index (κ2) is 8.41. The molecule has 1 saturated heterocycles. The van der Waals surface area contributed by atoms with E-state index in [0.717, 1.165) is 11.3 Å². The maximum Gasteiger partial charge on any atom is 0.352 e. The van der Waals surface area contributed by atoms with Crippen molar-refractivity contribution in [3.63, 3.8) is 0 Å². The van der Waals surface area contributed by atoms with Gasteiger partial charge in [0.15, 0.2) is 10.8 Å². The Morgan fingerprint density at radius 1 is 1.48 bits per heavy atom.